The van der Waals surface area contributed by atoms with Gasteiger partial charge in [0.05, 0.1) is 0 Å². The van der Waals surface area contributed by atoms with Gasteiger partial charge in [0.2, 0.25) is 5.95 Å². The first kappa shape index (κ1) is 17.3. The van der Waals surface area contributed by atoms with Crippen molar-refractivity contribution in [3.63, 3.8) is 0 Å². The van der Waals surface area contributed by atoms with E-state index in [-0.39, 0.29) is 17.8 Å². The Morgan fingerprint density at radius 1 is 1.40 bits per heavy atom. The van der Waals surface area contributed by atoms with Gasteiger partial charge in [-0.15, -0.1) is 0 Å². The number of amides is 1. The number of anilines is 1. The number of carbonyl (C=O) groups is 1. The number of rotatable bonds is 4. The van der Waals surface area contributed by atoms with Gasteiger partial charge < -0.3 is 10.6 Å². The van der Waals surface area contributed by atoms with Crippen LogP contribution in [-0.4, -0.2) is 49.0 Å². The zero-order valence-corrected chi connectivity index (χ0v) is 15.0. The van der Waals surface area contributed by atoms with Gasteiger partial charge in [-0.25, -0.2) is 15.0 Å². The van der Waals surface area contributed by atoms with Gasteiger partial charge in [-0.2, -0.15) is 5.10 Å². The minimum Gasteiger partial charge on any atom is -0.368 e. The minimum atomic E-state index is -0.101. The second-order valence-corrected chi connectivity index (χ2v) is 7.07. The lowest BCUT2D eigenvalue weighted by atomic mass is 9.97. The van der Waals surface area contributed by atoms with E-state index in [0.717, 1.165) is 36.6 Å². The van der Waals surface area contributed by atoms with E-state index in [1.54, 1.807) is 6.07 Å². The first-order valence-corrected chi connectivity index (χ1v) is 8.74. The summed E-state index contributed by atoms with van der Waals surface area (Å²) in [6, 6.07) is 1.76. The molecule has 0 saturated carbocycles. The Morgan fingerprint density at radius 3 is 2.88 bits per heavy atom. The molecular formula is C17H25N7O. The normalized spacial score (nSPS) is 17.9. The molecule has 2 aromatic rings. The summed E-state index contributed by atoms with van der Waals surface area (Å²) >= 11 is 0. The summed E-state index contributed by atoms with van der Waals surface area (Å²) in [5, 5.41) is 7.12. The topological polar surface area (TPSA) is 114 Å². The average molecular weight is 343 g/mol. The number of piperidine rings is 1. The van der Waals surface area contributed by atoms with E-state index in [1.807, 2.05) is 11.8 Å². The molecule has 1 saturated heterocycles. The fraction of sp³-hybridized carbons (Fsp3) is 0.588. The quantitative estimate of drug-likeness (QED) is 0.873. The largest absolute Gasteiger partial charge is 0.368 e. The highest BCUT2D eigenvalue weighted by Crippen LogP contribution is 2.25. The molecule has 3 rings (SSSR count). The van der Waals surface area contributed by atoms with Crippen LogP contribution in [0.4, 0.5) is 5.95 Å². The minimum absolute atomic E-state index is 0.101. The Morgan fingerprint density at radius 2 is 2.20 bits per heavy atom. The third-order valence-electron chi connectivity index (χ3n) is 4.32. The second kappa shape index (κ2) is 7.16. The van der Waals surface area contributed by atoms with Crippen molar-refractivity contribution >= 4 is 11.9 Å². The third kappa shape index (κ3) is 4.12. The SMILES string of the molecule is Cc1nc(C2CCCN(C(=O)c3cc(CC(C)C)nc(N)n3)C2)n[nH]1. The van der Waals surface area contributed by atoms with Crippen molar-refractivity contribution in [2.45, 2.75) is 46.0 Å². The molecule has 1 unspecified atom stereocenters. The highest BCUT2D eigenvalue weighted by Gasteiger charge is 2.28. The number of likely N-dealkylation sites (tertiary alicyclic amines) is 1. The molecule has 2 aromatic heterocycles. The van der Waals surface area contributed by atoms with Crippen LogP contribution < -0.4 is 5.73 Å². The summed E-state index contributed by atoms with van der Waals surface area (Å²) in [5.41, 5.74) is 6.99. The van der Waals surface area contributed by atoms with Gasteiger partial charge in [0.1, 0.15) is 11.5 Å². The molecule has 8 nitrogen and oxygen atoms in total. The molecule has 8 heteroatoms. The number of hydrogen-bond donors (Lipinski definition) is 2. The van der Waals surface area contributed by atoms with Gasteiger partial charge in [0, 0.05) is 24.7 Å². The van der Waals surface area contributed by atoms with Crippen LogP contribution in [0.5, 0.6) is 0 Å². The molecule has 0 bridgehead atoms. The van der Waals surface area contributed by atoms with Crippen molar-refractivity contribution in [3.8, 4) is 0 Å². The van der Waals surface area contributed by atoms with Crippen molar-refractivity contribution in [2.75, 3.05) is 18.8 Å². The highest BCUT2D eigenvalue weighted by molar-refractivity contribution is 5.92. The average Bonchev–Trinajstić information content (AvgIpc) is 2.99. The van der Waals surface area contributed by atoms with Crippen LogP contribution >= 0.6 is 0 Å². The standard InChI is InChI=1S/C17H25N7O/c1-10(2)7-13-8-14(21-17(18)20-13)16(25)24-6-4-5-12(9-24)15-19-11(3)22-23-15/h8,10,12H,4-7,9H2,1-3H3,(H2,18,20,21)(H,19,22,23). The predicted molar refractivity (Wildman–Crippen MR) is 94.0 cm³/mol. The number of nitrogen functional groups attached to an aromatic ring is 1. The van der Waals surface area contributed by atoms with Crippen molar-refractivity contribution in [1.29, 1.82) is 0 Å². The fourth-order valence-corrected chi connectivity index (χ4v) is 3.23. The highest BCUT2D eigenvalue weighted by atomic mass is 16.2. The van der Waals surface area contributed by atoms with Crippen molar-refractivity contribution in [3.05, 3.63) is 29.1 Å². The van der Waals surface area contributed by atoms with Gasteiger partial charge >= 0.3 is 0 Å². The number of carbonyl (C=O) groups excluding carboxylic acids is 1. The summed E-state index contributed by atoms with van der Waals surface area (Å²) < 4.78 is 0. The zero-order chi connectivity index (χ0) is 18.0. The molecular weight excluding hydrogens is 318 g/mol. The number of aromatic amines is 1. The summed E-state index contributed by atoms with van der Waals surface area (Å²) in [4.78, 5) is 27.5. The number of hydrogen-bond acceptors (Lipinski definition) is 6. The van der Waals surface area contributed by atoms with Crippen LogP contribution in [0.2, 0.25) is 0 Å². The van der Waals surface area contributed by atoms with E-state index < -0.39 is 0 Å². The number of nitrogens with one attached hydrogen (secondary N) is 1. The van der Waals surface area contributed by atoms with E-state index in [2.05, 4.69) is 39.0 Å². The van der Waals surface area contributed by atoms with E-state index in [4.69, 9.17) is 5.73 Å². The Hall–Kier alpha value is -2.51. The van der Waals surface area contributed by atoms with Crippen LogP contribution in [0.1, 0.15) is 60.4 Å². The molecule has 0 radical (unpaired) electrons. The summed E-state index contributed by atoms with van der Waals surface area (Å²) in [6.07, 6.45) is 2.67. The number of H-pyrrole nitrogens is 1. The monoisotopic (exact) mass is 343 g/mol. The van der Waals surface area contributed by atoms with Gasteiger partial charge in [-0.1, -0.05) is 13.8 Å². The molecule has 1 atom stereocenters. The maximum absolute atomic E-state index is 12.9. The number of nitrogens with zero attached hydrogens (tertiary/aromatic N) is 5. The lowest BCUT2D eigenvalue weighted by Crippen LogP contribution is -2.40. The molecule has 134 valence electrons. The lowest BCUT2D eigenvalue weighted by Gasteiger charge is -2.31. The lowest BCUT2D eigenvalue weighted by molar-refractivity contribution is 0.0698. The Balaban J connectivity index is 1.77. The van der Waals surface area contributed by atoms with Crippen LogP contribution in [0, 0.1) is 12.8 Å². The molecule has 1 amide bonds. The van der Waals surface area contributed by atoms with E-state index >= 15 is 0 Å². The molecule has 1 fully saturated rings. The molecule has 1 aliphatic rings. The third-order valence-corrected chi connectivity index (χ3v) is 4.32. The maximum atomic E-state index is 12.9. The molecule has 0 aliphatic carbocycles. The van der Waals surface area contributed by atoms with Gasteiger partial charge in [0.25, 0.3) is 5.91 Å². The summed E-state index contributed by atoms with van der Waals surface area (Å²) in [6.45, 7) is 7.39. The van der Waals surface area contributed by atoms with Crippen LogP contribution in [0.3, 0.4) is 0 Å². The smallest absolute Gasteiger partial charge is 0.272 e. The fourth-order valence-electron chi connectivity index (χ4n) is 3.23. The first-order chi connectivity index (χ1) is 11.9. The van der Waals surface area contributed by atoms with E-state index in [1.165, 1.54) is 0 Å². The van der Waals surface area contributed by atoms with Crippen molar-refractivity contribution in [1.82, 2.24) is 30.0 Å². The van der Waals surface area contributed by atoms with Crippen molar-refractivity contribution < 1.29 is 4.79 Å². The molecule has 3 heterocycles. The number of aromatic nitrogens is 5. The summed E-state index contributed by atoms with van der Waals surface area (Å²) in [5.74, 6) is 2.20. The molecule has 0 spiro atoms. The van der Waals surface area contributed by atoms with Crippen molar-refractivity contribution in [2.24, 2.45) is 5.92 Å². The van der Waals surface area contributed by atoms with Crippen LogP contribution in [0.25, 0.3) is 0 Å². The molecule has 25 heavy (non-hydrogen) atoms. The molecule has 3 N–H and O–H groups in total. The number of aryl methyl sites for hydroxylation is 1. The zero-order valence-electron chi connectivity index (χ0n) is 15.0. The van der Waals surface area contributed by atoms with Gasteiger partial charge in [0.15, 0.2) is 5.82 Å². The molecule has 1 aliphatic heterocycles. The predicted octanol–water partition coefficient (Wildman–Crippen LogP) is 1.70. The second-order valence-electron chi connectivity index (χ2n) is 7.07. The molecule has 0 aromatic carbocycles. The van der Waals surface area contributed by atoms with Gasteiger partial charge in [-0.3, -0.25) is 9.89 Å². The van der Waals surface area contributed by atoms with E-state index in [9.17, 15) is 4.79 Å². The maximum Gasteiger partial charge on any atom is 0.272 e. The summed E-state index contributed by atoms with van der Waals surface area (Å²) in [7, 11) is 0. The van der Waals surface area contributed by atoms with Gasteiger partial charge in [-0.05, 0) is 38.2 Å². The number of nitrogens with two attached hydrogens (primary N) is 1. The van der Waals surface area contributed by atoms with E-state index in [0.29, 0.717) is 24.7 Å². The van der Waals surface area contributed by atoms with Crippen LogP contribution in [0.15, 0.2) is 6.07 Å². The Labute approximate surface area is 147 Å². The van der Waals surface area contributed by atoms with Crippen LogP contribution in [-0.2, 0) is 6.42 Å². The Bertz CT molecular complexity index is 755. The first-order valence-electron chi connectivity index (χ1n) is 8.74. The Kier molecular flexibility index (Phi) is 4.96.